The number of amides is 1. The van der Waals surface area contributed by atoms with Gasteiger partial charge < -0.3 is 5.32 Å². The van der Waals surface area contributed by atoms with Gasteiger partial charge in [-0.05, 0) is 75.3 Å². The fourth-order valence-corrected chi connectivity index (χ4v) is 4.02. The van der Waals surface area contributed by atoms with Crippen LogP contribution in [0.3, 0.4) is 0 Å². The van der Waals surface area contributed by atoms with E-state index in [0.717, 1.165) is 40.7 Å². The lowest BCUT2D eigenvalue weighted by molar-refractivity contribution is -0.123. The Kier molecular flexibility index (Phi) is 6.88. The molecule has 3 heteroatoms. The first-order valence-electron chi connectivity index (χ1n) is 10.2. The van der Waals surface area contributed by atoms with Crippen molar-refractivity contribution in [2.75, 3.05) is 0 Å². The first-order valence-corrected chi connectivity index (χ1v) is 10.2. The van der Waals surface area contributed by atoms with Crippen LogP contribution in [-0.2, 0) is 16.0 Å². The molecule has 0 radical (unpaired) electrons. The molecule has 2 atom stereocenters. The molecule has 0 spiro atoms. The molecule has 0 aliphatic heterocycles. The maximum Gasteiger partial charge on any atom is 0.221 e. The van der Waals surface area contributed by atoms with E-state index in [9.17, 15) is 9.59 Å². The van der Waals surface area contributed by atoms with Crippen molar-refractivity contribution in [2.45, 2.75) is 78.7 Å². The minimum atomic E-state index is -0.310. The summed E-state index contributed by atoms with van der Waals surface area (Å²) in [7, 11) is 0. The molecule has 1 saturated carbocycles. The van der Waals surface area contributed by atoms with Crippen molar-refractivity contribution >= 4 is 11.7 Å². The Hall–Kier alpha value is -2.34. The van der Waals surface area contributed by atoms with Gasteiger partial charge in [0.25, 0.3) is 0 Å². The Morgan fingerprint density at radius 3 is 2.57 bits per heavy atom. The fraction of sp³-hybridized carbons (Fsp3) is 0.520. The highest BCUT2D eigenvalue weighted by atomic mass is 16.2. The molecule has 1 fully saturated rings. The van der Waals surface area contributed by atoms with Crippen LogP contribution in [0.1, 0.15) is 82.1 Å². The zero-order valence-corrected chi connectivity index (χ0v) is 18.2. The zero-order chi connectivity index (χ0) is 21.1. The van der Waals surface area contributed by atoms with Crippen molar-refractivity contribution in [2.24, 2.45) is 5.92 Å². The van der Waals surface area contributed by atoms with Gasteiger partial charge in [-0.15, -0.1) is 5.92 Å². The molecule has 1 N–H and O–H groups in total. The molecule has 150 valence electrons. The van der Waals surface area contributed by atoms with E-state index in [4.69, 9.17) is 0 Å². The van der Waals surface area contributed by atoms with Crippen LogP contribution in [0, 0.1) is 24.7 Å². The van der Waals surface area contributed by atoms with Crippen molar-refractivity contribution in [1.29, 1.82) is 0 Å². The van der Waals surface area contributed by atoms with Gasteiger partial charge in [0.2, 0.25) is 5.91 Å². The van der Waals surface area contributed by atoms with E-state index < -0.39 is 0 Å². The highest BCUT2D eigenvalue weighted by molar-refractivity contribution is 5.94. The second kappa shape index (κ2) is 8.78. The molecule has 0 saturated heterocycles. The van der Waals surface area contributed by atoms with Gasteiger partial charge in [-0.25, -0.2) is 0 Å². The maximum absolute atomic E-state index is 12.9. The predicted molar refractivity (Wildman–Crippen MR) is 115 cm³/mol. The second-order valence-corrected chi connectivity index (χ2v) is 8.46. The monoisotopic (exact) mass is 379 g/mol. The molecule has 0 aromatic heterocycles. The number of hydrogen-bond acceptors (Lipinski definition) is 2. The van der Waals surface area contributed by atoms with Crippen LogP contribution < -0.4 is 5.32 Å². The normalized spacial score (nSPS) is 19.4. The summed E-state index contributed by atoms with van der Waals surface area (Å²) < 4.78 is 0. The number of aryl methyl sites for hydroxylation is 2. The summed E-state index contributed by atoms with van der Waals surface area (Å²) in [6, 6.07) is 4.14. The molecule has 3 nitrogen and oxygen atoms in total. The summed E-state index contributed by atoms with van der Waals surface area (Å²) in [6.07, 6.45) is 2.41. The SMILES string of the molecule is C=C1C(CC(=O)NC(C)(C)CC)CC(=O)C1c1c(C)cc(C#CC)cc1CC. The van der Waals surface area contributed by atoms with E-state index in [-0.39, 0.29) is 29.1 Å². The van der Waals surface area contributed by atoms with Crippen LogP contribution in [0.4, 0.5) is 0 Å². The lowest BCUT2D eigenvalue weighted by atomic mass is 9.83. The van der Waals surface area contributed by atoms with Gasteiger partial charge in [-0.1, -0.05) is 31.9 Å². The van der Waals surface area contributed by atoms with Gasteiger partial charge in [0.05, 0.1) is 5.92 Å². The van der Waals surface area contributed by atoms with Crippen molar-refractivity contribution in [3.63, 3.8) is 0 Å². The van der Waals surface area contributed by atoms with Crippen molar-refractivity contribution in [1.82, 2.24) is 5.32 Å². The smallest absolute Gasteiger partial charge is 0.221 e. The maximum atomic E-state index is 12.9. The Labute approximate surface area is 170 Å². The van der Waals surface area contributed by atoms with Crippen LogP contribution in [0.15, 0.2) is 24.3 Å². The van der Waals surface area contributed by atoms with E-state index in [1.165, 1.54) is 0 Å². The number of carbonyl (C=O) groups excluding carboxylic acids is 2. The van der Waals surface area contributed by atoms with E-state index in [2.05, 4.69) is 49.7 Å². The molecule has 0 heterocycles. The first kappa shape index (κ1) is 22.0. The van der Waals surface area contributed by atoms with Crippen molar-refractivity contribution in [3.8, 4) is 11.8 Å². The number of hydrogen-bond donors (Lipinski definition) is 1. The molecule has 2 unspecified atom stereocenters. The molecule has 28 heavy (non-hydrogen) atoms. The third kappa shape index (κ3) is 4.73. The minimum absolute atomic E-state index is 0.00699. The van der Waals surface area contributed by atoms with E-state index >= 15 is 0 Å². The number of ketones is 1. The fourth-order valence-electron chi connectivity index (χ4n) is 4.02. The molecule has 1 aromatic carbocycles. The Morgan fingerprint density at radius 1 is 1.32 bits per heavy atom. The van der Waals surface area contributed by atoms with E-state index in [0.29, 0.717) is 12.8 Å². The van der Waals surface area contributed by atoms with Crippen LogP contribution in [0.25, 0.3) is 0 Å². The third-order valence-corrected chi connectivity index (χ3v) is 5.87. The molecule has 0 bridgehead atoms. The van der Waals surface area contributed by atoms with Crippen molar-refractivity contribution < 1.29 is 9.59 Å². The number of rotatable bonds is 6. The quantitative estimate of drug-likeness (QED) is 0.567. The molecule has 2 rings (SSSR count). The van der Waals surface area contributed by atoms with Crippen LogP contribution in [0.2, 0.25) is 0 Å². The Morgan fingerprint density at radius 2 is 2.00 bits per heavy atom. The van der Waals surface area contributed by atoms with Crippen LogP contribution >= 0.6 is 0 Å². The predicted octanol–water partition coefficient (Wildman–Crippen LogP) is 4.85. The lowest BCUT2D eigenvalue weighted by Gasteiger charge is -2.25. The summed E-state index contributed by atoms with van der Waals surface area (Å²) in [4.78, 5) is 25.4. The molecular weight excluding hydrogens is 346 g/mol. The summed E-state index contributed by atoms with van der Waals surface area (Å²) in [5.41, 5.74) is 4.91. The van der Waals surface area contributed by atoms with Gasteiger partial charge in [0, 0.05) is 23.9 Å². The average Bonchev–Trinajstić information content (AvgIpc) is 2.88. The number of carbonyl (C=O) groups is 2. The minimum Gasteiger partial charge on any atom is -0.351 e. The second-order valence-electron chi connectivity index (χ2n) is 8.46. The van der Waals surface area contributed by atoms with Crippen molar-refractivity contribution in [3.05, 3.63) is 46.5 Å². The number of Topliss-reactive ketones (excluding diaryl/α,β-unsaturated/α-hetero) is 1. The molecule has 1 aliphatic rings. The Bertz CT molecular complexity index is 851. The van der Waals surface area contributed by atoms with Crippen LogP contribution in [-0.4, -0.2) is 17.2 Å². The summed E-state index contributed by atoms with van der Waals surface area (Å²) in [6.45, 7) is 16.3. The van der Waals surface area contributed by atoms with E-state index in [1.54, 1.807) is 0 Å². The summed E-state index contributed by atoms with van der Waals surface area (Å²) >= 11 is 0. The average molecular weight is 380 g/mol. The number of nitrogens with one attached hydrogen (secondary N) is 1. The molecular formula is C25H33NO2. The Balaban J connectivity index is 2.29. The number of allylic oxidation sites excluding steroid dienone is 1. The van der Waals surface area contributed by atoms with Gasteiger partial charge >= 0.3 is 0 Å². The third-order valence-electron chi connectivity index (χ3n) is 5.87. The van der Waals surface area contributed by atoms with Gasteiger partial charge in [-0.2, -0.15) is 0 Å². The summed E-state index contributed by atoms with van der Waals surface area (Å²) in [5.74, 6) is 5.82. The standard InChI is InChI=1S/C25H33NO2/c1-8-11-18-12-16(4)23(19(9-2)13-18)24-17(5)20(14-21(24)27)15-22(28)26-25(6,7)10-3/h12-13,20,24H,5,9-10,14-15H2,1-4,6-7H3,(H,26,28). The zero-order valence-electron chi connectivity index (χ0n) is 18.2. The van der Waals surface area contributed by atoms with Gasteiger partial charge in [-0.3, -0.25) is 9.59 Å². The van der Waals surface area contributed by atoms with E-state index in [1.807, 2.05) is 27.7 Å². The lowest BCUT2D eigenvalue weighted by Crippen LogP contribution is -2.43. The molecule has 1 aliphatic carbocycles. The highest BCUT2D eigenvalue weighted by Crippen LogP contribution is 2.43. The van der Waals surface area contributed by atoms with Gasteiger partial charge in [0.15, 0.2) is 0 Å². The molecule has 1 amide bonds. The topological polar surface area (TPSA) is 46.2 Å². The molecule has 1 aromatic rings. The number of benzene rings is 1. The first-order chi connectivity index (χ1) is 13.1. The van der Waals surface area contributed by atoms with Crippen LogP contribution in [0.5, 0.6) is 0 Å². The van der Waals surface area contributed by atoms with Gasteiger partial charge in [0.1, 0.15) is 5.78 Å². The highest BCUT2D eigenvalue weighted by Gasteiger charge is 2.40. The largest absolute Gasteiger partial charge is 0.351 e. The summed E-state index contributed by atoms with van der Waals surface area (Å²) in [5, 5.41) is 3.07.